The maximum Gasteiger partial charge on any atom is 0.334 e. The van der Waals surface area contributed by atoms with Gasteiger partial charge in [0.05, 0.1) is 6.54 Å². The van der Waals surface area contributed by atoms with Crippen molar-refractivity contribution < 1.29 is 19.8 Å². The Bertz CT molecular complexity index is 480. The maximum atomic E-state index is 12.0. The van der Waals surface area contributed by atoms with E-state index in [9.17, 15) is 9.59 Å². The molecule has 110 valence electrons. The van der Waals surface area contributed by atoms with Crippen molar-refractivity contribution >= 4 is 11.9 Å². The molecule has 1 aromatic rings. The number of aliphatic hydroxyl groups is 1. The van der Waals surface area contributed by atoms with Crippen molar-refractivity contribution in [3.05, 3.63) is 24.0 Å². The Hall–Kier alpha value is -1.86. The first-order chi connectivity index (χ1) is 9.59. The van der Waals surface area contributed by atoms with Gasteiger partial charge in [0.2, 0.25) is 0 Å². The fourth-order valence-corrected chi connectivity index (χ4v) is 2.36. The Morgan fingerprint density at radius 3 is 2.80 bits per heavy atom. The van der Waals surface area contributed by atoms with Gasteiger partial charge in [0.1, 0.15) is 5.69 Å². The zero-order valence-electron chi connectivity index (χ0n) is 11.1. The summed E-state index contributed by atoms with van der Waals surface area (Å²) in [7, 11) is 0. The third-order valence-electron chi connectivity index (χ3n) is 3.45. The Morgan fingerprint density at radius 2 is 2.15 bits per heavy atom. The Labute approximate surface area is 116 Å². The molecule has 0 unspecified atom stereocenters. The molecule has 1 atom stereocenters. The van der Waals surface area contributed by atoms with Crippen LogP contribution in [0.25, 0.3) is 0 Å². The molecule has 2 heterocycles. The SMILES string of the molecule is O=C(NC[C@H](O)C(=O)O)c1cccn1C1CCNCC1. The van der Waals surface area contributed by atoms with Crippen LogP contribution < -0.4 is 10.6 Å². The van der Waals surface area contributed by atoms with E-state index >= 15 is 0 Å². The lowest BCUT2D eigenvalue weighted by molar-refractivity contribution is -0.146. The highest BCUT2D eigenvalue weighted by atomic mass is 16.4. The molecular formula is C13H19N3O4. The highest BCUT2D eigenvalue weighted by molar-refractivity contribution is 5.93. The third-order valence-corrected chi connectivity index (χ3v) is 3.45. The van der Waals surface area contributed by atoms with E-state index in [4.69, 9.17) is 10.2 Å². The van der Waals surface area contributed by atoms with E-state index < -0.39 is 12.1 Å². The molecule has 2 rings (SSSR count). The van der Waals surface area contributed by atoms with Gasteiger partial charge in [-0.25, -0.2) is 4.79 Å². The second-order valence-electron chi connectivity index (χ2n) is 4.85. The van der Waals surface area contributed by atoms with Crippen molar-refractivity contribution in [2.45, 2.75) is 25.0 Å². The van der Waals surface area contributed by atoms with Crippen LogP contribution in [0, 0.1) is 0 Å². The van der Waals surface area contributed by atoms with E-state index in [0.29, 0.717) is 5.69 Å². The summed E-state index contributed by atoms with van der Waals surface area (Å²) in [6.45, 7) is 1.54. The molecule has 0 radical (unpaired) electrons. The Morgan fingerprint density at radius 1 is 1.45 bits per heavy atom. The van der Waals surface area contributed by atoms with Crippen LogP contribution >= 0.6 is 0 Å². The summed E-state index contributed by atoms with van der Waals surface area (Å²) in [4.78, 5) is 22.5. The molecule has 0 aliphatic carbocycles. The summed E-state index contributed by atoms with van der Waals surface area (Å²) in [6, 6.07) is 3.77. The average Bonchev–Trinajstić information content (AvgIpc) is 2.94. The molecule has 20 heavy (non-hydrogen) atoms. The first-order valence-corrected chi connectivity index (χ1v) is 6.66. The predicted molar refractivity (Wildman–Crippen MR) is 71.5 cm³/mol. The van der Waals surface area contributed by atoms with E-state index in [0.717, 1.165) is 25.9 Å². The predicted octanol–water partition coefficient (Wildman–Crippen LogP) is -0.412. The highest BCUT2D eigenvalue weighted by Gasteiger charge is 2.21. The van der Waals surface area contributed by atoms with Crippen molar-refractivity contribution in [3.63, 3.8) is 0 Å². The van der Waals surface area contributed by atoms with Gasteiger partial charge in [-0.3, -0.25) is 4.79 Å². The van der Waals surface area contributed by atoms with Crippen LogP contribution in [0.4, 0.5) is 0 Å². The number of aromatic nitrogens is 1. The van der Waals surface area contributed by atoms with E-state index in [1.807, 2.05) is 10.8 Å². The molecule has 7 heteroatoms. The summed E-state index contributed by atoms with van der Waals surface area (Å²) in [6.07, 6.45) is 2.18. The molecule has 1 aliphatic rings. The smallest absolute Gasteiger partial charge is 0.334 e. The first kappa shape index (κ1) is 14.5. The van der Waals surface area contributed by atoms with Crippen molar-refractivity contribution in [1.82, 2.24) is 15.2 Å². The molecule has 0 bridgehead atoms. The van der Waals surface area contributed by atoms with Crippen LogP contribution in [0.5, 0.6) is 0 Å². The molecule has 1 saturated heterocycles. The lowest BCUT2D eigenvalue weighted by Gasteiger charge is -2.26. The van der Waals surface area contributed by atoms with Crippen molar-refractivity contribution in [3.8, 4) is 0 Å². The Balaban J connectivity index is 1.99. The molecule has 0 saturated carbocycles. The number of hydrogen-bond acceptors (Lipinski definition) is 4. The highest BCUT2D eigenvalue weighted by Crippen LogP contribution is 2.21. The van der Waals surface area contributed by atoms with Gasteiger partial charge in [0.15, 0.2) is 6.10 Å². The van der Waals surface area contributed by atoms with Crippen molar-refractivity contribution in [2.75, 3.05) is 19.6 Å². The minimum Gasteiger partial charge on any atom is -0.479 e. The number of carbonyl (C=O) groups excluding carboxylic acids is 1. The number of amides is 1. The topological polar surface area (TPSA) is 104 Å². The number of aliphatic carboxylic acids is 1. The summed E-state index contributed by atoms with van der Waals surface area (Å²) in [5.41, 5.74) is 0.495. The van der Waals surface area contributed by atoms with Gasteiger partial charge in [-0.2, -0.15) is 0 Å². The minimum atomic E-state index is -1.58. The quantitative estimate of drug-likeness (QED) is 0.587. The van der Waals surface area contributed by atoms with Crippen LogP contribution in [0.2, 0.25) is 0 Å². The van der Waals surface area contributed by atoms with Gasteiger partial charge in [0.25, 0.3) is 5.91 Å². The van der Waals surface area contributed by atoms with Gasteiger partial charge in [0, 0.05) is 12.2 Å². The number of carboxylic acid groups (broad SMARTS) is 1. The monoisotopic (exact) mass is 281 g/mol. The summed E-state index contributed by atoms with van der Waals surface area (Å²) in [5.74, 6) is -1.71. The number of piperidine rings is 1. The molecule has 1 aliphatic heterocycles. The number of carboxylic acids is 1. The normalized spacial score (nSPS) is 17.6. The summed E-state index contributed by atoms with van der Waals surface area (Å²) in [5, 5.41) is 23.4. The van der Waals surface area contributed by atoms with Crippen molar-refractivity contribution in [1.29, 1.82) is 0 Å². The van der Waals surface area contributed by atoms with Gasteiger partial charge in [-0.15, -0.1) is 0 Å². The number of aliphatic hydroxyl groups excluding tert-OH is 1. The molecule has 1 fully saturated rings. The first-order valence-electron chi connectivity index (χ1n) is 6.66. The molecular weight excluding hydrogens is 262 g/mol. The maximum absolute atomic E-state index is 12.0. The fraction of sp³-hybridized carbons (Fsp3) is 0.538. The number of rotatable bonds is 5. The third kappa shape index (κ3) is 3.37. The average molecular weight is 281 g/mol. The lowest BCUT2D eigenvalue weighted by atomic mass is 10.1. The second-order valence-corrected chi connectivity index (χ2v) is 4.85. The van der Waals surface area contributed by atoms with Gasteiger partial charge >= 0.3 is 5.97 Å². The lowest BCUT2D eigenvalue weighted by Crippen LogP contribution is -2.38. The van der Waals surface area contributed by atoms with Crippen LogP contribution in [-0.4, -0.2) is 52.4 Å². The van der Waals surface area contributed by atoms with Crippen LogP contribution in [0.15, 0.2) is 18.3 Å². The molecule has 1 aromatic heterocycles. The zero-order valence-corrected chi connectivity index (χ0v) is 11.1. The van der Waals surface area contributed by atoms with Crippen LogP contribution in [0.1, 0.15) is 29.4 Å². The fourth-order valence-electron chi connectivity index (χ4n) is 2.36. The number of hydrogen-bond donors (Lipinski definition) is 4. The van der Waals surface area contributed by atoms with E-state index in [-0.39, 0.29) is 18.5 Å². The number of nitrogens with zero attached hydrogens (tertiary/aromatic N) is 1. The standard InChI is InChI=1S/C13H19N3O4/c17-11(13(19)20)8-15-12(18)10-2-1-7-16(10)9-3-5-14-6-4-9/h1-2,7,9,11,14,17H,3-6,8H2,(H,15,18)(H,19,20)/t11-/m0/s1. The van der Waals surface area contributed by atoms with E-state index in [2.05, 4.69) is 10.6 Å². The second kappa shape index (κ2) is 6.53. The van der Waals surface area contributed by atoms with Gasteiger partial charge < -0.3 is 25.4 Å². The summed E-state index contributed by atoms with van der Waals surface area (Å²) < 4.78 is 1.92. The van der Waals surface area contributed by atoms with Gasteiger partial charge in [-0.1, -0.05) is 0 Å². The zero-order chi connectivity index (χ0) is 14.5. The Kier molecular flexibility index (Phi) is 4.75. The van der Waals surface area contributed by atoms with Crippen LogP contribution in [-0.2, 0) is 4.79 Å². The van der Waals surface area contributed by atoms with E-state index in [1.165, 1.54) is 0 Å². The summed E-state index contributed by atoms with van der Waals surface area (Å²) >= 11 is 0. The minimum absolute atomic E-state index is 0.274. The number of nitrogens with one attached hydrogen (secondary N) is 2. The van der Waals surface area contributed by atoms with Crippen molar-refractivity contribution in [2.24, 2.45) is 0 Å². The number of carbonyl (C=O) groups is 2. The van der Waals surface area contributed by atoms with Crippen LogP contribution in [0.3, 0.4) is 0 Å². The van der Waals surface area contributed by atoms with E-state index in [1.54, 1.807) is 12.1 Å². The molecule has 1 amide bonds. The largest absolute Gasteiger partial charge is 0.479 e. The molecule has 4 N–H and O–H groups in total. The molecule has 0 aromatic carbocycles. The molecule has 7 nitrogen and oxygen atoms in total. The van der Waals surface area contributed by atoms with Gasteiger partial charge in [-0.05, 0) is 38.1 Å². The molecule has 0 spiro atoms.